The Morgan fingerprint density at radius 1 is 1.27 bits per heavy atom. The van der Waals surface area contributed by atoms with Crippen molar-refractivity contribution in [1.29, 1.82) is 0 Å². The van der Waals surface area contributed by atoms with Crippen LogP contribution in [0, 0.1) is 0 Å². The molecule has 2 heteroatoms. The molecule has 0 aliphatic carbocycles. The van der Waals surface area contributed by atoms with Gasteiger partial charge in [-0.25, -0.2) is 0 Å². The van der Waals surface area contributed by atoms with E-state index in [2.05, 4.69) is 29.8 Å². The van der Waals surface area contributed by atoms with Crippen LogP contribution < -0.4 is 0 Å². The second-order valence-corrected chi connectivity index (χ2v) is 3.81. The molecule has 0 saturated carbocycles. The lowest BCUT2D eigenvalue weighted by Gasteiger charge is -2.05. The molecule has 60 valence electrons. The normalized spacial score (nSPS) is 10.5. The minimum absolute atomic E-state index is 0.322. The molecule has 0 aliphatic heterocycles. The van der Waals surface area contributed by atoms with E-state index in [1.54, 1.807) is 12.1 Å². The first-order chi connectivity index (χ1) is 5.09. The van der Waals surface area contributed by atoms with E-state index in [9.17, 15) is 5.11 Å². The molecular weight excluding hydrogens is 204 g/mol. The summed E-state index contributed by atoms with van der Waals surface area (Å²) in [5.41, 5.74) is 1.15. The Balaban J connectivity index is 3.08. The van der Waals surface area contributed by atoms with Gasteiger partial charge in [0.05, 0.1) is 0 Å². The topological polar surface area (TPSA) is 20.2 Å². The van der Waals surface area contributed by atoms with Gasteiger partial charge in [-0.1, -0.05) is 29.8 Å². The third-order valence-electron chi connectivity index (χ3n) is 1.57. The molecule has 0 aromatic heterocycles. The molecule has 0 unspecified atom stereocenters. The summed E-state index contributed by atoms with van der Waals surface area (Å²) in [5.74, 6) is 0.779. The van der Waals surface area contributed by atoms with Crippen LogP contribution in [-0.2, 0) is 0 Å². The summed E-state index contributed by atoms with van der Waals surface area (Å²) >= 11 is 3.32. The molecule has 0 aliphatic rings. The van der Waals surface area contributed by atoms with Crippen LogP contribution in [0.3, 0.4) is 0 Å². The van der Waals surface area contributed by atoms with Gasteiger partial charge >= 0.3 is 0 Å². The first-order valence-electron chi connectivity index (χ1n) is 3.59. The van der Waals surface area contributed by atoms with Crippen molar-refractivity contribution in [3.8, 4) is 5.75 Å². The quantitative estimate of drug-likeness (QED) is 0.762. The predicted octanol–water partition coefficient (Wildman–Crippen LogP) is 3.28. The van der Waals surface area contributed by atoms with Crippen molar-refractivity contribution in [3.05, 3.63) is 28.2 Å². The first-order valence-corrected chi connectivity index (χ1v) is 4.38. The molecule has 1 N–H and O–H groups in total. The highest BCUT2D eigenvalue weighted by Gasteiger charge is 2.01. The number of hydrogen-bond acceptors (Lipinski definition) is 1. The second kappa shape index (κ2) is 3.26. The molecule has 0 saturated heterocycles. The van der Waals surface area contributed by atoms with Gasteiger partial charge in [-0.15, -0.1) is 0 Å². The van der Waals surface area contributed by atoms with Crippen molar-refractivity contribution in [2.75, 3.05) is 0 Å². The van der Waals surface area contributed by atoms with Crippen LogP contribution in [0.2, 0.25) is 0 Å². The number of phenols is 1. The van der Waals surface area contributed by atoms with Gasteiger partial charge in [0.2, 0.25) is 0 Å². The van der Waals surface area contributed by atoms with Gasteiger partial charge in [0.25, 0.3) is 0 Å². The number of hydrogen-bond donors (Lipinski definition) is 1. The van der Waals surface area contributed by atoms with Crippen LogP contribution in [0.4, 0.5) is 0 Å². The summed E-state index contributed by atoms with van der Waals surface area (Å²) in [4.78, 5) is 0. The Morgan fingerprint density at radius 3 is 2.36 bits per heavy atom. The summed E-state index contributed by atoms with van der Waals surface area (Å²) < 4.78 is 0.932. The molecule has 0 bridgehead atoms. The average Bonchev–Trinajstić information content (AvgIpc) is 1.85. The minimum atomic E-state index is 0.322. The Kier molecular flexibility index (Phi) is 2.55. The van der Waals surface area contributed by atoms with Crippen LogP contribution in [0.1, 0.15) is 25.3 Å². The second-order valence-electron chi connectivity index (χ2n) is 2.90. The highest BCUT2D eigenvalue weighted by molar-refractivity contribution is 9.10. The lowest BCUT2D eigenvalue weighted by Crippen LogP contribution is -1.85. The van der Waals surface area contributed by atoms with Gasteiger partial charge in [0.15, 0.2) is 0 Å². The van der Waals surface area contributed by atoms with E-state index in [-0.39, 0.29) is 0 Å². The molecule has 0 atom stereocenters. The van der Waals surface area contributed by atoms with Crippen LogP contribution in [-0.4, -0.2) is 5.11 Å². The minimum Gasteiger partial charge on any atom is -0.508 e. The van der Waals surface area contributed by atoms with E-state index in [1.165, 1.54) is 0 Å². The zero-order chi connectivity index (χ0) is 8.43. The lowest BCUT2D eigenvalue weighted by molar-refractivity contribution is 0.473. The highest BCUT2D eigenvalue weighted by Crippen LogP contribution is 2.24. The third kappa shape index (κ3) is 2.22. The zero-order valence-electron chi connectivity index (χ0n) is 6.63. The van der Waals surface area contributed by atoms with Crippen molar-refractivity contribution in [2.24, 2.45) is 0 Å². The Hall–Kier alpha value is -0.500. The molecule has 0 heterocycles. The fourth-order valence-electron chi connectivity index (χ4n) is 0.930. The molecular formula is C9H11BrO. The molecule has 0 amide bonds. The fourth-order valence-corrected chi connectivity index (χ4v) is 1.43. The van der Waals surface area contributed by atoms with Crippen molar-refractivity contribution >= 4 is 15.9 Å². The Morgan fingerprint density at radius 2 is 1.91 bits per heavy atom. The molecule has 1 nitrogen and oxygen atoms in total. The standard InChI is InChI=1S/C9H11BrO/c1-6(2)7-3-8(10)5-9(11)4-7/h3-6,11H,1-2H3. The van der Waals surface area contributed by atoms with Gasteiger partial charge < -0.3 is 5.11 Å². The van der Waals surface area contributed by atoms with Gasteiger partial charge in [-0.3, -0.25) is 0 Å². The smallest absolute Gasteiger partial charge is 0.116 e. The molecule has 0 spiro atoms. The molecule has 0 fully saturated rings. The van der Waals surface area contributed by atoms with Crippen molar-refractivity contribution < 1.29 is 5.11 Å². The first kappa shape index (κ1) is 8.60. The fraction of sp³-hybridized carbons (Fsp3) is 0.333. The third-order valence-corrected chi connectivity index (χ3v) is 2.03. The van der Waals surface area contributed by atoms with Gasteiger partial charge in [-0.05, 0) is 29.7 Å². The number of aromatic hydroxyl groups is 1. The van der Waals surface area contributed by atoms with E-state index in [0.717, 1.165) is 10.0 Å². The maximum absolute atomic E-state index is 9.21. The van der Waals surface area contributed by atoms with E-state index in [4.69, 9.17) is 0 Å². The number of rotatable bonds is 1. The average molecular weight is 215 g/mol. The monoisotopic (exact) mass is 214 g/mol. The number of benzene rings is 1. The van der Waals surface area contributed by atoms with E-state index in [0.29, 0.717) is 11.7 Å². The summed E-state index contributed by atoms with van der Waals surface area (Å²) in [6, 6.07) is 5.49. The van der Waals surface area contributed by atoms with Gasteiger partial charge in [0, 0.05) is 4.47 Å². The number of phenolic OH excluding ortho intramolecular Hbond substituents is 1. The van der Waals surface area contributed by atoms with E-state index >= 15 is 0 Å². The Bertz CT molecular complexity index is 235. The summed E-state index contributed by atoms with van der Waals surface area (Å²) in [6.45, 7) is 4.20. The molecule has 1 rings (SSSR count). The van der Waals surface area contributed by atoms with Crippen LogP contribution in [0.15, 0.2) is 22.7 Å². The summed E-state index contributed by atoms with van der Waals surface area (Å²) in [6.07, 6.45) is 0. The van der Waals surface area contributed by atoms with Crippen molar-refractivity contribution in [2.45, 2.75) is 19.8 Å². The predicted molar refractivity (Wildman–Crippen MR) is 49.9 cm³/mol. The SMILES string of the molecule is CC(C)c1cc(O)cc(Br)c1. The maximum Gasteiger partial charge on any atom is 0.116 e. The van der Waals surface area contributed by atoms with Gasteiger partial charge in [0.1, 0.15) is 5.75 Å². The molecule has 1 aromatic carbocycles. The zero-order valence-corrected chi connectivity index (χ0v) is 8.22. The number of halogens is 1. The highest BCUT2D eigenvalue weighted by atomic mass is 79.9. The lowest BCUT2D eigenvalue weighted by atomic mass is 10.0. The molecule has 0 radical (unpaired) electrons. The largest absolute Gasteiger partial charge is 0.508 e. The maximum atomic E-state index is 9.21. The van der Waals surface area contributed by atoms with Crippen molar-refractivity contribution in [1.82, 2.24) is 0 Å². The van der Waals surface area contributed by atoms with Crippen LogP contribution in [0.5, 0.6) is 5.75 Å². The molecule has 11 heavy (non-hydrogen) atoms. The van der Waals surface area contributed by atoms with Gasteiger partial charge in [-0.2, -0.15) is 0 Å². The Labute approximate surface area is 75.2 Å². The van der Waals surface area contributed by atoms with E-state index < -0.39 is 0 Å². The summed E-state index contributed by atoms with van der Waals surface area (Å²) in [5, 5.41) is 9.21. The van der Waals surface area contributed by atoms with Crippen LogP contribution in [0.25, 0.3) is 0 Å². The summed E-state index contributed by atoms with van der Waals surface area (Å²) in [7, 11) is 0. The van der Waals surface area contributed by atoms with Crippen LogP contribution >= 0.6 is 15.9 Å². The van der Waals surface area contributed by atoms with Crippen molar-refractivity contribution in [3.63, 3.8) is 0 Å². The van der Waals surface area contributed by atoms with E-state index in [1.807, 2.05) is 6.07 Å². The molecule has 1 aromatic rings.